The van der Waals surface area contributed by atoms with E-state index in [0.29, 0.717) is 19.3 Å². The SMILES string of the molecule is CC/C=C/C=C/C=C/C=C\CCCCCCCC(=O)OC(CCCCC\C=C/C=C/C=C/C=C/CC)CC(=O)NC(CO)C(O)CCCCCCCCCCCCCCCCCC. The summed E-state index contributed by atoms with van der Waals surface area (Å²) < 4.78 is 5.90. The van der Waals surface area contributed by atoms with Crippen molar-refractivity contribution in [3.63, 3.8) is 0 Å². The first-order chi connectivity index (χ1) is 31.0. The highest BCUT2D eigenvalue weighted by Crippen LogP contribution is 2.17. The zero-order valence-electron chi connectivity index (χ0n) is 40.9. The topological polar surface area (TPSA) is 95.9 Å². The quantitative estimate of drug-likeness (QED) is 0.0322. The molecular formula is C57H97NO5. The number of esters is 1. The van der Waals surface area contributed by atoms with E-state index in [4.69, 9.17) is 4.74 Å². The lowest BCUT2D eigenvalue weighted by molar-refractivity contribution is -0.151. The van der Waals surface area contributed by atoms with Crippen molar-refractivity contribution < 1.29 is 24.5 Å². The zero-order chi connectivity index (χ0) is 45.9. The van der Waals surface area contributed by atoms with Gasteiger partial charge in [-0.2, -0.15) is 0 Å². The van der Waals surface area contributed by atoms with Crippen molar-refractivity contribution in [1.29, 1.82) is 0 Å². The molecule has 0 aromatic rings. The maximum absolute atomic E-state index is 13.2. The average Bonchev–Trinajstić information content (AvgIpc) is 3.28. The van der Waals surface area contributed by atoms with Crippen LogP contribution in [0.4, 0.5) is 0 Å². The van der Waals surface area contributed by atoms with Crippen LogP contribution < -0.4 is 5.32 Å². The van der Waals surface area contributed by atoms with Crippen molar-refractivity contribution in [1.82, 2.24) is 5.32 Å². The highest BCUT2D eigenvalue weighted by molar-refractivity contribution is 5.77. The van der Waals surface area contributed by atoms with Crippen LogP contribution >= 0.6 is 0 Å². The standard InChI is InChI=1S/C57H97NO5/c1-4-7-10-13-16-19-22-25-27-29-31-34-37-40-43-46-49-55(60)54(52-59)58-56(61)51-53(48-45-42-39-36-33-30-24-21-18-15-12-9-6-3)63-57(62)50-47-44-41-38-35-32-28-26-23-20-17-14-11-8-5-2/h8-9,11-12,14-15,17-18,20-21,23-24,26,28,30,33,53-55,59-60H,4-7,10,13,16,19,22,25,27,29,31-32,34-52H2,1-3H3,(H,58,61)/b11-8+,12-9+,17-14+,18-15+,23-20+,24-21+,28-26-,33-30-. The van der Waals surface area contributed by atoms with Gasteiger partial charge in [0.2, 0.25) is 5.91 Å². The molecule has 0 bridgehead atoms. The molecule has 0 rings (SSSR count). The Morgan fingerprint density at radius 3 is 1.32 bits per heavy atom. The van der Waals surface area contributed by atoms with E-state index in [1.165, 1.54) is 83.5 Å². The second kappa shape index (κ2) is 49.8. The van der Waals surface area contributed by atoms with Crippen LogP contribution in [0.25, 0.3) is 0 Å². The average molecular weight is 876 g/mol. The van der Waals surface area contributed by atoms with Gasteiger partial charge < -0.3 is 20.3 Å². The molecule has 1 amide bonds. The number of nitrogens with one attached hydrogen (secondary N) is 1. The predicted molar refractivity (Wildman–Crippen MR) is 273 cm³/mol. The molecule has 0 aliphatic rings. The predicted octanol–water partition coefficient (Wildman–Crippen LogP) is 15.7. The Hall–Kier alpha value is -3.22. The molecule has 0 heterocycles. The van der Waals surface area contributed by atoms with Gasteiger partial charge in [0, 0.05) is 6.42 Å². The van der Waals surface area contributed by atoms with Crippen molar-refractivity contribution in [3.8, 4) is 0 Å². The van der Waals surface area contributed by atoms with Gasteiger partial charge in [0.15, 0.2) is 0 Å². The van der Waals surface area contributed by atoms with Gasteiger partial charge in [0.05, 0.1) is 25.2 Å². The fraction of sp³-hybridized carbons (Fsp3) is 0.684. The minimum atomic E-state index is -0.809. The van der Waals surface area contributed by atoms with Crippen LogP contribution in [0.5, 0.6) is 0 Å². The lowest BCUT2D eigenvalue weighted by Crippen LogP contribution is -2.46. The monoisotopic (exact) mass is 876 g/mol. The summed E-state index contributed by atoms with van der Waals surface area (Å²) in [5, 5.41) is 23.8. The first kappa shape index (κ1) is 59.8. The number of rotatable bonds is 45. The lowest BCUT2D eigenvalue weighted by Gasteiger charge is -2.24. The minimum Gasteiger partial charge on any atom is -0.462 e. The number of carbonyl (C=O) groups is 2. The Morgan fingerprint density at radius 1 is 0.476 bits per heavy atom. The van der Waals surface area contributed by atoms with Crippen molar-refractivity contribution in [2.24, 2.45) is 0 Å². The van der Waals surface area contributed by atoms with Gasteiger partial charge >= 0.3 is 5.97 Å². The molecule has 0 radical (unpaired) electrons. The van der Waals surface area contributed by atoms with Gasteiger partial charge in [-0.1, -0.05) is 246 Å². The number of unbranched alkanes of at least 4 members (excludes halogenated alkanes) is 23. The number of hydrogen-bond donors (Lipinski definition) is 3. The van der Waals surface area contributed by atoms with Gasteiger partial charge in [-0.15, -0.1) is 0 Å². The van der Waals surface area contributed by atoms with Crippen LogP contribution in [0.3, 0.4) is 0 Å². The van der Waals surface area contributed by atoms with Crippen molar-refractivity contribution in [2.75, 3.05) is 6.61 Å². The summed E-state index contributed by atoms with van der Waals surface area (Å²) >= 11 is 0. The smallest absolute Gasteiger partial charge is 0.306 e. The zero-order valence-corrected chi connectivity index (χ0v) is 40.9. The molecule has 3 N–H and O–H groups in total. The number of amides is 1. The first-order valence-corrected chi connectivity index (χ1v) is 26.1. The van der Waals surface area contributed by atoms with Crippen LogP contribution in [-0.4, -0.2) is 46.9 Å². The molecule has 6 nitrogen and oxygen atoms in total. The molecule has 0 aliphatic heterocycles. The molecule has 63 heavy (non-hydrogen) atoms. The van der Waals surface area contributed by atoms with Gasteiger partial charge in [0.25, 0.3) is 0 Å². The van der Waals surface area contributed by atoms with Crippen molar-refractivity contribution >= 4 is 11.9 Å². The Morgan fingerprint density at radius 2 is 0.857 bits per heavy atom. The Balaban J connectivity index is 4.64. The largest absolute Gasteiger partial charge is 0.462 e. The van der Waals surface area contributed by atoms with E-state index in [1.54, 1.807) is 0 Å². The molecule has 0 spiro atoms. The van der Waals surface area contributed by atoms with Gasteiger partial charge in [-0.05, 0) is 64.2 Å². The Kier molecular flexibility index (Phi) is 47.2. The third-order valence-electron chi connectivity index (χ3n) is 11.3. The Bertz CT molecular complexity index is 1260. The van der Waals surface area contributed by atoms with E-state index < -0.39 is 18.2 Å². The fourth-order valence-electron chi connectivity index (χ4n) is 7.45. The highest BCUT2D eigenvalue weighted by atomic mass is 16.5. The number of hydrogen-bond acceptors (Lipinski definition) is 5. The summed E-state index contributed by atoms with van der Waals surface area (Å²) in [6.07, 6.45) is 66.1. The lowest BCUT2D eigenvalue weighted by atomic mass is 10.0. The second-order valence-electron chi connectivity index (χ2n) is 17.3. The van der Waals surface area contributed by atoms with E-state index >= 15 is 0 Å². The van der Waals surface area contributed by atoms with Crippen LogP contribution in [0.2, 0.25) is 0 Å². The molecule has 0 saturated carbocycles. The third-order valence-corrected chi connectivity index (χ3v) is 11.3. The maximum Gasteiger partial charge on any atom is 0.306 e. The maximum atomic E-state index is 13.2. The molecule has 0 saturated heterocycles. The Labute approximate surface area is 388 Å². The summed E-state index contributed by atoms with van der Waals surface area (Å²) in [5.74, 6) is -0.546. The molecule has 3 atom stereocenters. The summed E-state index contributed by atoms with van der Waals surface area (Å²) in [4.78, 5) is 26.1. The molecule has 0 aromatic carbocycles. The molecule has 0 fully saturated rings. The fourth-order valence-corrected chi connectivity index (χ4v) is 7.45. The number of allylic oxidation sites excluding steroid dienone is 16. The summed E-state index contributed by atoms with van der Waals surface area (Å²) in [7, 11) is 0. The first-order valence-electron chi connectivity index (χ1n) is 26.1. The summed E-state index contributed by atoms with van der Waals surface area (Å²) in [6, 6.07) is -0.726. The van der Waals surface area contributed by atoms with Gasteiger partial charge in [-0.3, -0.25) is 9.59 Å². The second-order valence-corrected chi connectivity index (χ2v) is 17.3. The third kappa shape index (κ3) is 45.2. The molecular weight excluding hydrogens is 779 g/mol. The normalized spacial score (nSPS) is 14.0. The highest BCUT2D eigenvalue weighted by Gasteiger charge is 2.24. The number of ether oxygens (including phenoxy) is 1. The van der Waals surface area contributed by atoms with E-state index in [-0.39, 0.29) is 24.9 Å². The molecule has 360 valence electrons. The minimum absolute atomic E-state index is 0.0363. The van der Waals surface area contributed by atoms with Crippen LogP contribution in [-0.2, 0) is 14.3 Å². The van der Waals surface area contributed by atoms with Crippen LogP contribution in [0.15, 0.2) is 97.2 Å². The van der Waals surface area contributed by atoms with Crippen molar-refractivity contribution in [3.05, 3.63) is 97.2 Å². The molecule has 3 unspecified atom stereocenters. The van der Waals surface area contributed by atoms with E-state index in [2.05, 4.69) is 80.8 Å². The van der Waals surface area contributed by atoms with Crippen LogP contribution in [0, 0.1) is 0 Å². The molecule has 0 aliphatic carbocycles. The number of carbonyl (C=O) groups excluding carboxylic acids is 2. The van der Waals surface area contributed by atoms with E-state index in [9.17, 15) is 19.8 Å². The molecule has 0 aromatic heterocycles. The van der Waals surface area contributed by atoms with Crippen LogP contribution in [0.1, 0.15) is 226 Å². The van der Waals surface area contributed by atoms with E-state index in [0.717, 1.165) is 96.3 Å². The summed E-state index contributed by atoms with van der Waals surface area (Å²) in [5.41, 5.74) is 0. The molecule has 6 heteroatoms. The van der Waals surface area contributed by atoms with Gasteiger partial charge in [-0.25, -0.2) is 0 Å². The van der Waals surface area contributed by atoms with E-state index in [1.807, 2.05) is 42.5 Å². The number of aliphatic hydroxyl groups excluding tert-OH is 2. The van der Waals surface area contributed by atoms with Gasteiger partial charge in [0.1, 0.15) is 6.10 Å². The number of aliphatic hydroxyl groups is 2. The van der Waals surface area contributed by atoms with Crippen molar-refractivity contribution in [2.45, 2.75) is 244 Å². The summed E-state index contributed by atoms with van der Waals surface area (Å²) in [6.45, 7) is 6.19.